The molecule has 0 saturated carbocycles. The first-order valence-corrected chi connectivity index (χ1v) is 21.8. The molecule has 0 spiro atoms. The van der Waals surface area contributed by atoms with Gasteiger partial charge in [0.05, 0.1) is 0 Å². The van der Waals surface area contributed by atoms with Gasteiger partial charge in [0.25, 0.3) is 0 Å². The second-order valence-corrected chi connectivity index (χ2v) is 25.4. The summed E-state index contributed by atoms with van der Waals surface area (Å²) >= 11 is -2.22. The van der Waals surface area contributed by atoms with Crippen LogP contribution in [0.3, 0.4) is 0 Å². The number of hydrogen-bond donors (Lipinski definition) is 0. The van der Waals surface area contributed by atoms with Gasteiger partial charge < -0.3 is 0 Å². The molecule has 198 valence electrons. The summed E-state index contributed by atoms with van der Waals surface area (Å²) in [5.41, 5.74) is 0. The van der Waals surface area contributed by atoms with Crippen LogP contribution in [0.4, 0.5) is 0 Å². The topological polar surface area (TPSA) is 55.4 Å². The third-order valence-corrected chi connectivity index (χ3v) is 22.7. The number of hydrogen-bond acceptors (Lipinski definition) is 6. The van der Waals surface area contributed by atoms with Crippen LogP contribution in [0.15, 0.2) is 12.3 Å². The van der Waals surface area contributed by atoms with Gasteiger partial charge in [-0.1, -0.05) is 0 Å². The van der Waals surface area contributed by atoms with Crippen molar-refractivity contribution in [2.45, 2.75) is 147 Å². The monoisotopic (exact) mass is 590 g/mol. The fraction of sp³-hybridized carbons (Fsp3) is 0.926. The second-order valence-electron chi connectivity index (χ2n) is 11.4. The first-order valence-electron chi connectivity index (χ1n) is 13.8. The number of allylic oxidation sites excluding steroid dienone is 1. The van der Waals surface area contributed by atoms with Crippen molar-refractivity contribution in [2.75, 3.05) is 6.61 Å². The van der Waals surface area contributed by atoms with Gasteiger partial charge >= 0.3 is 213 Å². The van der Waals surface area contributed by atoms with Gasteiger partial charge in [-0.05, 0) is 0 Å². The Morgan fingerprint density at radius 3 is 1.94 bits per heavy atom. The van der Waals surface area contributed by atoms with E-state index in [2.05, 4.69) is 26.8 Å². The first kappa shape index (κ1) is 28.7. The van der Waals surface area contributed by atoms with Crippen LogP contribution >= 0.6 is 0 Å². The van der Waals surface area contributed by atoms with Crippen molar-refractivity contribution in [1.82, 2.24) is 0 Å². The van der Waals surface area contributed by atoms with Crippen LogP contribution in [0.25, 0.3) is 0 Å². The van der Waals surface area contributed by atoms with Crippen LogP contribution in [0.2, 0.25) is 17.7 Å². The van der Waals surface area contributed by atoms with E-state index in [1.165, 1.54) is 56.3 Å². The van der Waals surface area contributed by atoms with Gasteiger partial charge in [-0.15, -0.1) is 0 Å². The van der Waals surface area contributed by atoms with Gasteiger partial charge in [0.2, 0.25) is 0 Å². The van der Waals surface area contributed by atoms with Crippen molar-refractivity contribution >= 4 is 18.4 Å². The molecule has 0 amide bonds. The molecular weight excluding hydrogens is 539 g/mol. The van der Waals surface area contributed by atoms with Crippen LogP contribution in [0, 0.1) is 0 Å². The van der Waals surface area contributed by atoms with E-state index in [4.69, 9.17) is 28.4 Å². The summed E-state index contributed by atoms with van der Waals surface area (Å²) in [7, 11) is 0. The maximum absolute atomic E-state index is 6.31. The summed E-state index contributed by atoms with van der Waals surface area (Å²) in [4.78, 5) is 0. The molecule has 0 aromatic rings. The van der Waals surface area contributed by atoms with Crippen LogP contribution in [0.1, 0.15) is 87.0 Å². The normalized spacial score (nSPS) is 32.5. The Morgan fingerprint density at radius 2 is 1.35 bits per heavy atom. The van der Waals surface area contributed by atoms with Crippen LogP contribution in [0.5, 0.6) is 0 Å². The van der Waals surface area contributed by atoms with Gasteiger partial charge in [-0.2, -0.15) is 0 Å². The zero-order valence-corrected chi connectivity index (χ0v) is 25.6. The third kappa shape index (κ3) is 7.58. The van der Waals surface area contributed by atoms with E-state index < -0.39 is 36.2 Å². The number of fused-ring (bicyclic) bond motifs is 3. The van der Waals surface area contributed by atoms with E-state index in [1.807, 2.05) is 34.0 Å². The average molecular weight is 589 g/mol. The van der Waals surface area contributed by atoms with Crippen LogP contribution in [-0.4, -0.2) is 67.3 Å². The SMILES string of the molecule is CCC[CH2][Sn]([CH2]/C=C\O[C@H]1O[C@@H]2COC(C)(C)O[C@H]2[C@@H]2OC(C)(C)O[C@H]12)([CH2]CCC)[CH2]CCC. The fourth-order valence-electron chi connectivity index (χ4n) is 5.62. The zero-order valence-electron chi connectivity index (χ0n) is 22.8. The van der Waals surface area contributed by atoms with Crippen molar-refractivity contribution in [1.29, 1.82) is 0 Å². The van der Waals surface area contributed by atoms with Gasteiger partial charge in [-0.3, -0.25) is 0 Å². The molecule has 0 bridgehead atoms. The zero-order chi connectivity index (χ0) is 24.8. The summed E-state index contributed by atoms with van der Waals surface area (Å²) in [5.74, 6) is -1.36. The molecule has 3 saturated heterocycles. The predicted molar refractivity (Wildman–Crippen MR) is 137 cm³/mol. The Bertz CT molecular complexity index is 629. The van der Waals surface area contributed by atoms with E-state index in [0.717, 1.165) is 0 Å². The predicted octanol–water partition coefficient (Wildman–Crippen LogP) is 6.76. The molecule has 0 N–H and O–H groups in total. The minimum absolute atomic E-state index is 0.234. The number of rotatable bonds is 13. The summed E-state index contributed by atoms with van der Waals surface area (Å²) in [6, 6.07) is 0. The molecule has 6 nitrogen and oxygen atoms in total. The van der Waals surface area contributed by atoms with Crippen molar-refractivity contribution in [2.24, 2.45) is 0 Å². The molecule has 34 heavy (non-hydrogen) atoms. The second kappa shape index (κ2) is 12.6. The quantitative estimate of drug-likeness (QED) is 0.175. The molecule has 0 aromatic carbocycles. The average Bonchev–Trinajstić information content (AvgIpc) is 3.12. The molecule has 0 radical (unpaired) electrons. The van der Waals surface area contributed by atoms with E-state index in [1.54, 1.807) is 0 Å². The van der Waals surface area contributed by atoms with E-state index >= 15 is 0 Å². The molecule has 3 aliphatic heterocycles. The van der Waals surface area contributed by atoms with Crippen molar-refractivity contribution < 1.29 is 28.4 Å². The third-order valence-electron chi connectivity index (χ3n) is 7.49. The molecular formula is C27H50O6Sn. The van der Waals surface area contributed by atoms with Gasteiger partial charge in [-0.25, -0.2) is 0 Å². The fourth-order valence-corrected chi connectivity index (χ4v) is 20.7. The Kier molecular flexibility index (Phi) is 10.6. The Balaban J connectivity index is 1.67. The van der Waals surface area contributed by atoms with Gasteiger partial charge in [0, 0.05) is 0 Å². The Hall–Kier alpha value is 0.139. The molecule has 0 aromatic heterocycles. The Labute approximate surface area is 212 Å². The Morgan fingerprint density at radius 1 is 0.794 bits per heavy atom. The summed E-state index contributed by atoms with van der Waals surface area (Å²) < 4.78 is 42.8. The summed E-state index contributed by atoms with van der Waals surface area (Å²) in [5, 5.41) is 0. The van der Waals surface area contributed by atoms with Crippen molar-refractivity contribution in [3.8, 4) is 0 Å². The van der Waals surface area contributed by atoms with E-state index in [9.17, 15) is 0 Å². The molecule has 0 unspecified atom stereocenters. The van der Waals surface area contributed by atoms with Gasteiger partial charge in [0.1, 0.15) is 0 Å². The number of ether oxygens (including phenoxy) is 6. The molecule has 3 rings (SSSR count). The standard InChI is InChI=1S/C15H23O6.3C4H9.Sn/c1-6-7-16-13-12-11(20-15(4,5)21-12)10-9(18-13)8-17-14(2,3)19-10;3*1-3-4-2;/h6-7,9-13H,1,8H2,2-5H3;3*1,3-4H2,2H3;/b7-6-;;;;/t9-,10-,11+,12+,13+;;;;/m1..../s1. The van der Waals surface area contributed by atoms with E-state index in [-0.39, 0.29) is 24.4 Å². The van der Waals surface area contributed by atoms with Crippen molar-refractivity contribution in [3.63, 3.8) is 0 Å². The summed E-state index contributed by atoms with van der Waals surface area (Å²) in [6.07, 6.45) is 10.7. The molecule has 0 aliphatic carbocycles. The first-order chi connectivity index (χ1) is 16.1. The molecule has 3 heterocycles. The summed E-state index contributed by atoms with van der Waals surface area (Å²) in [6.45, 7) is 15.2. The molecule has 7 heteroatoms. The molecule has 3 aliphatic rings. The molecule has 3 fully saturated rings. The van der Waals surface area contributed by atoms with Crippen LogP contribution in [-0.2, 0) is 28.4 Å². The number of unbranched alkanes of at least 4 members (excludes halogenated alkanes) is 3. The van der Waals surface area contributed by atoms with E-state index in [0.29, 0.717) is 6.61 Å². The van der Waals surface area contributed by atoms with Gasteiger partial charge in [0.15, 0.2) is 0 Å². The maximum atomic E-state index is 6.31. The van der Waals surface area contributed by atoms with Crippen molar-refractivity contribution in [3.05, 3.63) is 12.3 Å². The van der Waals surface area contributed by atoms with Crippen LogP contribution < -0.4 is 0 Å². The molecule has 5 atom stereocenters. The minimum atomic E-state index is -2.22.